The fourth-order valence-corrected chi connectivity index (χ4v) is 6.42. The summed E-state index contributed by atoms with van der Waals surface area (Å²) in [5, 5.41) is 16.3. The molecule has 4 atom stereocenters. The van der Waals surface area contributed by atoms with Crippen LogP contribution < -0.4 is 10.5 Å². The lowest BCUT2D eigenvalue weighted by Crippen LogP contribution is -2.34. The maximum absolute atomic E-state index is 12.1. The topological polar surface area (TPSA) is 138 Å². The maximum Gasteiger partial charge on any atom is 0.145 e. The van der Waals surface area contributed by atoms with Gasteiger partial charge in [0.15, 0.2) is 0 Å². The van der Waals surface area contributed by atoms with Crippen molar-refractivity contribution in [2.24, 2.45) is 31.3 Å². The second-order valence-electron chi connectivity index (χ2n) is 14.9. The molecular weight excluding hydrogens is 714 g/mol. The van der Waals surface area contributed by atoms with Crippen LogP contribution >= 0.6 is 12.4 Å². The van der Waals surface area contributed by atoms with Crippen LogP contribution in [0.25, 0.3) is 32.7 Å². The summed E-state index contributed by atoms with van der Waals surface area (Å²) < 4.78 is 36.4. The summed E-state index contributed by atoms with van der Waals surface area (Å²) in [6, 6.07) is 18.4. The summed E-state index contributed by atoms with van der Waals surface area (Å²) in [4.78, 5) is 0. The van der Waals surface area contributed by atoms with Gasteiger partial charge in [-0.05, 0) is 115 Å². The first-order valence-corrected chi connectivity index (χ1v) is 19.2. The van der Waals surface area contributed by atoms with Gasteiger partial charge in [-0.1, -0.05) is 18.2 Å². The van der Waals surface area contributed by atoms with E-state index < -0.39 is 22.0 Å². The van der Waals surface area contributed by atoms with Gasteiger partial charge >= 0.3 is 0 Å². The van der Waals surface area contributed by atoms with Crippen LogP contribution in [0.1, 0.15) is 91.1 Å². The summed E-state index contributed by atoms with van der Waals surface area (Å²) in [6.45, 7) is 17.6. The highest BCUT2D eigenvalue weighted by Gasteiger charge is 2.22. The van der Waals surface area contributed by atoms with E-state index in [9.17, 15) is 8.42 Å². The molecule has 0 saturated carbocycles. The van der Waals surface area contributed by atoms with Crippen molar-refractivity contribution in [2.45, 2.75) is 83.9 Å². The van der Waals surface area contributed by atoms with Crippen LogP contribution in [0, 0.1) is 0 Å². The minimum atomic E-state index is -1.23. The van der Waals surface area contributed by atoms with Crippen LogP contribution in [0.3, 0.4) is 0 Å². The van der Waals surface area contributed by atoms with Crippen molar-refractivity contribution in [2.75, 3.05) is 0 Å². The zero-order valence-corrected chi connectivity index (χ0v) is 34.8. The normalized spacial score (nSPS) is 14.5. The van der Waals surface area contributed by atoms with Crippen molar-refractivity contribution >= 4 is 72.8 Å². The highest BCUT2D eigenvalue weighted by Crippen LogP contribution is 2.22. The van der Waals surface area contributed by atoms with E-state index in [0.29, 0.717) is 0 Å². The van der Waals surface area contributed by atoms with Crippen molar-refractivity contribution in [3.05, 3.63) is 89.9 Å². The number of aromatic nitrogens is 6. The highest BCUT2D eigenvalue weighted by molar-refractivity contribution is 7.85. The molecule has 282 valence electrons. The molecule has 0 saturated heterocycles. The monoisotopic (exact) mass is 767 g/mol. The summed E-state index contributed by atoms with van der Waals surface area (Å²) in [6.07, 6.45) is 5.96. The zero-order valence-electron chi connectivity index (χ0n) is 32.3. The third-order valence-electron chi connectivity index (χ3n) is 7.93. The van der Waals surface area contributed by atoms with Crippen LogP contribution in [0.4, 0.5) is 0 Å². The van der Waals surface area contributed by atoms with Crippen molar-refractivity contribution in [1.82, 2.24) is 34.1 Å². The average molecular weight is 768 g/mol. The van der Waals surface area contributed by atoms with Gasteiger partial charge < -0.3 is 5.73 Å². The van der Waals surface area contributed by atoms with E-state index in [4.69, 9.17) is 5.73 Å². The summed E-state index contributed by atoms with van der Waals surface area (Å²) >= 11 is 0. The fraction of sp³-hybridized carbons (Fsp3) is 0.421. The highest BCUT2D eigenvalue weighted by atomic mass is 35.5. The van der Waals surface area contributed by atoms with Gasteiger partial charge in [0, 0.05) is 68.0 Å². The Balaban J connectivity index is 0.000000212. The molecule has 0 aliphatic carbocycles. The number of halogens is 1. The molecule has 3 aromatic heterocycles. The van der Waals surface area contributed by atoms with Gasteiger partial charge in [-0.15, -0.1) is 12.4 Å². The van der Waals surface area contributed by atoms with Crippen molar-refractivity contribution in [1.29, 1.82) is 0 Å². The van der Waals surface area contributed by atoms with Crippen molar-refractivity contribution < 1.29 is 8.42 Å². The predicted octanol–water partition coefficient (Wildman–Crippen LogP) is 7.55. The molecule has 52 heavy (non-hydrogen) atoms. The van der Waals surface area contributed by atoms with E-state index in [1.807, 2.05) is 149 Å². The Labute approximate surface area is 319 Å². The zero-order chi connectivity index (χ0) is 37.8. The number of nitrogens with zero attached hydrogens (tertiary/aromatic N) is 7. The van der Waals surface area contributed by atoms with E-state index in [0.717, 1.165) is 55.1 Å². The molecule has 3 N–H and O–H groups in total. The van der Waals surface area contributed by atoms with Crippen LogP contribution in [-0.4, -0.2) is 53.0 Å². The molecule has 0 amide bonds. The molecular formula is C38H54ClN9O2S2. The lowest BCUT2D eigenvalue weighted by Gasteiger charge is -2.22. The molecule has 6 aromatic rings. The van der Waals surface area contributed by atoms with Gasteiger partial charge in [-0.3, -0.25) is 14.0 Å². The minimum Gasteiger partial charge on any atom is -0.324 e. The molecule has 11 nitrogen and oxygen atoms in total. The van der Waals surface area contributed by atoms with E-state index >= 15 is 0 Å². The Morgan fingerprint density at radius 2 is 1.13 bits per heavy atom. The number of hydrogen-bond acceptors (Lipinski definition) is 6. The van der Waals surface area contributed by atoms with E-state index in [-0.39, 0.29) is 34.0 Å². The molecule has 3 aromatic carbocycles. The van der Waals surface area contributed by atoms with E-state index in [1.54, 1.807) is 9.36 Å². The molecule has 0 aliphatic rings. The second kappa shape index (κ2) is 17.4. The maximum atomic E-state index is 12.1. The average Bonchev–Trinajstić information content (AvgIpc) is 3.72. The molecule has 0 radical (unpaired) electrons. The number of nitrogens with one attached hydrogen (secondary N) is 1. The van der Waals surface area contributed by atoms with Crippen LogP contribution in [-0.2, 0) is 43.1 Å². The lowest BCUT2D eigenvalue weighted by atomic mass is 10.1. The van der Waals surface area contributed by atoms with Gasteiger partial charge in [-0.25, -0.2) is 13.1 Å². The Morgan fingerprint density at radius 1 is 0.712 bits per heavy atom. The third-order valence-corrected chi connectivity index (χ3v) is 11.1. The van der Waals surface area contributed by atoms with E-state index in [2.05, 4.69) is 36.5 Å². The van der Waals surface area contributed by atoms with Gasteiger partial charge in [0.1, 0.15) is 11.0 Å². The molecule has 0 spiro atoms. The van der Waals surface area contributed by atoms with Crippen LogP contribution in [0.5, 0.6) is 0 Å². The van der Waals surface area contributed by atoms with Crippen molar-refractivity contribution in [3.63, 3.8) is 0 Å². The first-order valence-electron chi connectivity index (χ1n) is 16.9. The first kappa shape index (κ1) is 42.7. The Bertz CT molecular complexity index is 2210. The van der Waals surface area contributed by atoms with Gasteiger partial charge in [0.25, 0.3) is 0 Å². The summed E-state index contributed by atoms with van der Waals surface area (Å²) in [5.41, 5.74) is 12.8. The van der Waals surface area contributed by atoms with E-state index in [1.165, 1.54) is 0 Å². The van der Waals surface area contributed by atoms with Crippen LogP contribution in [0.2, 0.25) is 0 Å². The molecule has 0 unspecified atom stereocenters. The molecule has 3 heterocycles. The second-order valence-corrected chi connectivity index (χ2v) is 18.8. The minimum absolute atomic E-state index is 0. The number of aryl methyl sites for hydroxylation is 3. The van der Waals surface area contributed by atoms with Crippen LogP contribution in [0.15, 0.2) is 77.6 Å². The SMILES string of the molecule is CC(=N[S@@](=O)C(C)(C)C)c1ccc2nn(C)cc2c1.C[C@H](N)c1ccc2nn(C)cc2c1.C[C@H](N[S@@](=O)C(C)(C)C)c1ccc2nn(C)cc2c1.Cl. The standard InChI is InChI=1S/C14H21N3OS.C14H19N3OS.C10H13N3.ClH/c2*1-10(16-19(18)14(2,3)4)11-6-7-13-12(8-11)9-17(5)15-13;1-7(11)8-3-4-10-9(5-8)6-13(2)12-10;/h6-10,16H,1-5H3;6-9H,1-5H3;3-7H,11H2,1-2H3;1H/t10-,19-;19-;7-;/m000./s1. The molecule has 0 fully saturated rings. The Morgan fingerprint density at radius 3 is 1.58 bits per heavy atom. The number of hydrogen-bond donors (Lipinski definition) is 2. The number of nitrogens with two attached hydrogens (primary N) is 1. The predicted molar refractivity (Wildman–Crippen MR) is 222 cm³/mol. The molecule has 0 aliphatic heterocycles. The summed E-state index contributed by atoms with van der Waals surface area (Å²) in [5.74, 6) is 0. The fourth-order valence-electron chi connectivity index (χ4n) is 4.98. The lowest BCUT2D eigenvalue weighted by molar-refractivity contribution is 0.616. The summed E-state index contributed by atoms with van der Waals surface area (Å²) in [7, 11) is 3.44. The third kappa shape index (κ3) is 11.4. The molecule has 14 heteroatoms. The largest absolute Gasteiger partial charge is 0.324 e. The number of fused-ring (bicyclic) bond motifs is 3. The smallest absolute Gasteiger partial charge is 0.145 e. The quantitative estimate of drug-likeness (QED) is 0.168. The Hall–Kier alpha value is -3.75. The van der Waals surface area contributed by atoms with Gasteiger partial charge in [0.05, 0.1) is 42.7 Å². The number of benzene rings is 3. The van der Waals surface area contributed by atoms with Crippen molar-refractivity contribution in [3.8, 4) is 0 Å². The first-order chi connectivity index (χ1) is 23.7. The molecule has 0 bridgehead atoms. The Kier molecular flexibility index (Phi) is 14.3. The van der Waals surface area contributed by atoms with Gasteiger partial charge in [-0.2, -0.15) is 19.7 Å². The molecule has 6 rings (SSSR count). The number of rotatable bonds is 6. The van der Waals surface area contributed by atoms with Gasteiger partial charge in [0.2, 0.25) is 0 Å².